The van der Waals surface area contributed by atoms with Crippen LogP contribution in [0.4, 0.5) is 0 Å². The van der Waals surface area contributed by atoms with Crippen LogP contribution in [0.15, 0.2) is 23.1 Å². The van der Waals surface area contributed by atoms with Crippen LogP contribution >= 0.6 is 0 Å². The third-order valence-corrected chi connectivity index (χ3v) is 2.63. The standard InChI is InChI=1S/C8H10O3S.Hg/c1-6-3-4-8(5-7(6)2)12(9,10)11;/h3-5H,1-2H3,(H,9,10,11);. The fourth-order valence-electron chi connectivity index (χ4n) is 0.874. The fraction of sp³-hybridized carbons (Fsp3) is 0.250. The third-order valence-electron chi connectivity index (χ3n) is 1.78. The summed E-state index contributed by atoms with van der Waals surface area (Å²) >= 11 is 0. The number of hydrogen-bond donors (Lipinski definition) is 1. The molecule has 1 aromatic carbocycles. The zero-order valence-corrected chi connectivity index (χ0v) is 13.9. The number of benzene rings is 1. The average molecular weight is 387 g/mol. The molecular formula is C8H10HgO3S. The molecule has 0 heterocycles. The molecule has 0 unspecified atom stereocenters. The van der Waals surface area contributed by atoms with Crippen molar-refractivity contribution in [3.63, 3.8) is 0 Å². The van der Waals surface area contributed by atoms with Crippen LogP contribution in [0.3, 0.4) is 0 Å². The molecular weight excluding hydrogens is 377 g/mol. The van der Waals surface area contributed by atoms with E-state index in [2.05, 4.69) is 0 Å². The van der Waals surface area contributed by atoms with E-state index in [4.69, 9.17) is 4.55 Å². The van der Waals surface area contributed by atoms with E-state index in [-0.39, 0.29) is 32.6 Å². The first-order chi connectivity index (χ1) is 5.41. The molecule has 0 aliphatic carbocycles. The van der Waals surface area contributed by atoms with Crippen molar-refractivity contribution in [2.75, 3.05) is 0 Å². The molecule has 0 aliphatic rings. The molecule has 13 heavy (non-hydrogen) atoms. The molecule has 5 heteroatoms. The predicted molar refractivity (Wildman–Crippen MR) is 45.7 cm³/mol. The van der Waals surface area contributed by atoms with Gasteiger partial charge in [0.05, 0.1) is 4.90 Å². The van der Waals surface area contributed by atoms with Gasteiger partial charge in [-0.1, -0.05) is 6.07 Å². The first-order valence-corrected chi connectivity index (χ1v) is 4.90. The smallest absolute Gasteiger partial charge is 0.282 e. The van der Waals surface area contributed by atoms with Gasteiger partial charge < -0.3 is 0 Å². The van der Waals surface area contributed by atoms with Crippen molar-refractivity contribution < 1.29 is 40.6 Å². The molecule has 0 aliphatic heterocycles. The summed E-state index contributed by atoms with van der Waals surface area (Å²) in [5.41, 5.74) is 1.85. The largest absolute Gasteiger partial charge is 0.294 e. The Hall–Kier alpha value is 0.0651. The second kappa shape index (κ2) is 4.53. The molecule has 0 spiro atoms. The van der Waals surface area contributed by atoms with Crippen LogP contribution in [0.25, 0.3) is 0 Å². The van der Waals surface area contributed by atoms with Gasteiger partial charge in [-0.2, -0.15) is 8.42 Å². The molecule has 0 amide bonds. The van der Waals surface area contributed by atoms with Crippen molar-refractivity contribution in [1.82, 2.24) is 0 Å². The summed E-state index contributed by atoms with van der Waals surface area (Å²) in [6.07, 6.45) is 0. The van der Waals surface area contributed by atoms with Crippen LogP contribution < -0.4 is 0 Å². The quantitative estimate of drug-likeness (QED) is 0.588. The Kier molecular flexibility index (Phi) is 4.55. The molecule has 1 rings (SSSR count). The van der Waals surface area contributed by atoms with Gasteiger partial charge in [0.2, 0.25) is 0 Å². The van der Waals surface area contributed by atoms with Gasteiger partial charge in [0.15, 0.2) is 0 Å². The second-order valence-corrected chi connectivity index (χ2v) is 4.14. The van der Waals surface area contributed by atoms with Crippen LogP contribution in [-0.2, 0) is 37.8 Å². The van der Waals surface area contributed by atoms with E-state index in [1.54, 1.807) is 13.0 Å². The molecule has 0 saturated heterocycles. The van der Waals surface area contributed by atoms with Crippen LogP contribution in [0, 0.1) is 13.8 Å². The summed E-state index contributed by atoms with van der Waals surface area (Å²) in [5.74, 6) is 0. The molecule has 0 saturated carbocycles. The van der Waals surface area contributed by atoms with Crippen LogP contribution in [0.5, 0.6) is 0 Å². The zero-order valence-electron chi connectivity index (χ0n) is 7.61. The molecule has 0 atom stereocenters. The number of rotatable bonds is 1. The van der Waals surface area contributed by atoms with E-state index < -0.39 is 10.1 Å². The van der Waals surface area contributed by atoms with Crippen molar-refractivity contribution in [3.05, 3.63) is 29.3 Å². The Morgan fingerprint density at radius 1 is 1.15 bits per heavy atom. The van der Waals surface area contributed by atoms with E-state index in [0.29, 0.717) is 0 Å². The maximum Gasteiger partial charge on any atom is 0.294 e. The minimum atomic E-state index is -4.04. The maximum absolute atomic E-state index is 10.7. The molecule has 0 fully saturated rings. The summed E-state index contributed by atoms with van der Waals surface area (Å²) in [5, 5.41) is 0. The molecule has 3 nitrogen and oxygen atoms in total. The zero-order chi connectivity index (χ0) is 9.35. The molecule has 1 N–H and O–H groups in total. The molecule has 1 aromatic rings. The minimum Gasteiger partial charge on any atom is -0.282 e. The van der Waals surface area contributed by atoms with Gasteiger partial charge in [-0.05, 0) is 37.1 Å². The summed E-state index contributed by atoms with van der Waals surface area (Å²) in [6, 6.07) is 4.50. The topological polar surface area (TPSA) is 54.4 Å². The van der Waals surface area contributed by atoms with Crippen molar-refractivity contribution in [1.29, 1.82) is 0 Å². The van der Waals surface area contributed by atoms with Gasteiger partial charge in [0.1, 0.15) is 0 Å². The normalized spacial score (nSPS) is 10.7. The second-order valence-electron chi connectivity index (χ2n) is 2.72. The Morgan fingerprint density at radius 3 is 2.08 bits per heavy atom. The average Bonchev–Trinajstić information content (AvgIpc) is 1.92. The van der Waals surface area contributed by atoms with E-state index in [1.165, 1.54) is 12.1 Å². The van der Waals surface area contributed by atoms with Crippen molar-refractivity contribution in [2.24, 2.45) is 0 Å². The minimum absolute atomic E-state index is 0. The van der Waals surface area contributed by atoms with E-state index in [1.807, 2.05) is 6.92 Å². The summed E-state index contributed by atoms with van der Waals surface area (Å²) in [6.45, 7) is 3.67. The van der Waals surface area contributed by atoms with Gasteiger partial charge in [-0.15, -0.1) is 0 Å². The SMILES string of the molecule is Cc1ccc(S(=O)(=O)O)cc1C.[Hg]. The van der Waals surface area contributed by atoms with Crippen molar-refractivity contribution in [3.8, 4) is 0 Å². The first-order valence-electron chi connectivity index (χ1n) is 3.46. The maximum atomic E-state index is 10.7. The Bertz CT molecular complexity index is 398. The van der Waals surface area contributed by atoms with Crippen LogP contribution in [0.2, 0.25) is 0 Å². The Balaban J connectivity index is 0.00000144. The van der Waals surface area contributed by atoms with E-state index in [9.17, 15) is 8.42 Å². The van der Waals surface area contributed by atoms with Crippen molar-refractivity contribution >= 4 is 10.1 Å². The Morgan fingerprint density at radius 2 is 1.69 bits per heavy atom. The summed E-state index contributed by atoms with van der Waals surface area (Å²) in [4.78, 5) is -0.0504. The fourth-order valence-corrected chi connectivity index (χ4v) is 1.44. The number of aryl methyl sites for hydroxylation is 2. The third kappa shape index (κ3) is 3.36. The Labute approximate surface area is 98.4 Å². The van der Waals surface area contributed by atoms with E-state index >= 15 is 0 Å². The molecule has 68 valence electrons. The number of hydrogen-bond acceptors (Lipinski definition) is 2. The molecule has 0 radical (unpaired) electrons. The molecule has 0 aromatic heterocycles. The first kappa shape index (κ1) is 13.1. The van der Waals surface area contributed by atoms with Gasteiger partial charge in [0, 0.05) is 27.7 Å². The van der Waals surface area contributed by atoms with Gasteiger partial charge >= 0.3 is 0 Å². The van der Waals surface area contributed by atoms with E-state index in [0.717, 1.165) is 11.1 Å². The monoisotopic (exact) mass is 388 g/mol. The van der Waals surface area contributed by atoms with Gasteiger partial charge in [-0.25, -0.2) is 0 Å². The van der Waals surface area contributed by atoms with Crippen LogP contribution in [-0.4, -0.2) is 13.0 Å². The van der Waals surface area contributed by atoms with Crippen molar-refractivity contribution in [2.45, 2.75) is 18.7 Å². The predicted octanol–water partition coefficient (Wildman–Crippen LogP) is 1.55. The molecule has 0 bridgehead atoms. The van der Waals surface area contributed by atoms with Crippen LogP contribution in [0.1, 0.15) is 11.1 Å². The van der Waals surface area contributed by atoms with Gasteiger partial charge in [0.25, 0.3) is 10.1 Å². The summed E-state index contributed by atoms with van der Waals surface area (Å²) < 4.78 is 30.0. The summed E-state index contributed by atoms with van der Waals surface area (Å²) in [7, 11) is -4.04. The van der Waals surface area contributed by atoms with Gasteiger partial charge in [-0.3, -0.25) is 4.55 Å².